The van der Waals surface area contributed by atoms with Gasteiger partial charge in [0, 0.05) is 6.54 Å². The maximum absolute atomic E-state index is 4.83. The molecule has 1 fully saturated rings. The standard InChI is InChI=1S/C18H31N3S/c1-7-8-13-19-17-16(15-11-9-14(2)10-12-15)20-18(21-17)22(3,4,5)6/h9-12,16,20H,7-8,13H2,1-6H3,(H,19,21). The Hall–Kier alpha value is -1.13. The topological polar surface area (TPSA) is 36.4 Å². The molecular formula is C18H31N3S. The number of aryl methyl sites for hydroxylation is 1. The molecule has 1 aromatic rings. The Morgan fingerprint density at radius 2 is 1.73 bits per heavy atom. The number of unbranched alkanes of at least 4 members (excludes halogenated alkanes) is 1. The minimum atomic E-state index is -1.60. The van der Waals surface area contributed by atoms with E-state index in [-0.39, 0.29) is 6.04 Å². The second kappa shape index (κ2) is 6.17. The van der Waals surface area contributed by atoms with Gasteiger partial charge in [-0.1, -0.05) is 43.2 Å². The summed E-state index contributed by atoms with van der Waals surface area (Å²) in [6.45, 7) is 5.22. The molecule has 0 amide bonds. The zero-order chi connectivity index (χ0) is 16.4. The van der Waals surface area contributed by atoms with Crippen molar-refractivity contribution in [3.63, 3.8) is 0 Å². The second-order valence-electron chi connectivity index (χ2n) is 7.83. The van der Waals surface area contributed by atoms with Crippen molar-refractivity contribution in [2.24, 2.45) is 4.99 Å². The van der Waals surface area contributed by atoms with Gasteiger partial charge in [0.1, 0.15) is 5.84 Å². The second-order valence-corrected chi connectivity index (χ2v) is 14.8. The molecule has 0 saturated carbocycles. The Kier molecular flexibility index (Phi) is 4.83. The molecule has 2 N–H and O–H groups in total. The lowest BCUT2D eigenvalue weighted by Crippen LogP contribution is -2.32. The number of nitrogens with zero attached hydrogens (tertiary/aromatic N) is 1. The molecule has 0 spiro atoms. The average molecular weight is 322 g/mol. The number of benzene rings is 1. The summed E-state index contributed by atoms with van der Waals surface area (Å²) in [5.74, 6) is 1.07. The quantitative estimate of drug-likeness (QED) is 0.659. The van der Waals surface area contributed by atoms with Crippen LogP contribution in [0.5, 0.6) is 0 Å². The highest BCUT2D eigenvalue weighted by atomic mass is 32.3. The Morgan fingerprint density at radius 3 is 2.27 bits per heavy atom. The first-order chi connectivity index (χ1) is 10.2. The highest BCUT2D eigenvalue weighted by Gasteiger charge is 2.31. The van der Waals surface area contributed by atoms with Crippen LogP contribution in [0.2, 0.25) is 0 Å². The van der Waals surface area contributed by atoms with Gasteiger partial charge < -0.3 is 5.32 Å². The molecule has 1 aromatic carbocycles. The van der Waals surface area contributed by atoms with E-state index in [2.05, 4.69) is 73.8 Å². The molecule has 1 heterocycles. The smallest absolute Gasteiger partial charge is 0.124 e. The van der Waals surface area contributed by atoms with Crippen molar-refractivity contribution >= 4 is 19.7 Å². The highest BCUT2D eigenvalue weighted by Crippen LogP contribution is 2.45. The number of nitrogens with one attached hydrogen (secondary N) is 2. The molecule has 0 radical (unpaired) electrons. The van der Waals surface area contributed by atoms with E-state index < -0.39 is 8.75 Å². The van der Waals surface area contributed by atoms with Gasteiger partial charge in [-0.15, -0.1) is 0 Å². The highest BCUT2D eigenvalue weighted by molar-refractivity contribution is 8.45. The van der Waals surface area contributed by atoms with Gasteiger partial charge in [-0.2, -0.15) is 0 Å². The zero-order valence-corrected chi connectivity index (χ0v) is 15.7. The lowest BCUT2D eigenvalue weighted by Gasteiger charge is -2.35. The van der Waals surface area contributed by atoms with Crippen molar-refractivity contribution in [1.82, 2.24) is 10.6 Å². The molecule has 0 aliphatic carbocycles. The lowest BCUT2D eigenvalue weighted by molar-refractivity contribution is 0.792. The fourth-order valence-electron chi connectivity index (χ4n) is 2.35. The van der Waals surface area contributed by atoms with E-state index in [4.69, 9.17) is 4.99 Å². The van der Waals surface area contributed by atoms with Crippen molar-refractivity contribution in [1.29, 1.82) is 0 Å². The minimum absolute atomic E-state index is 0.155. The molecule has 0 bridgehead atoms. The fourth-order valence-corrected chi connectivity index (χ4v) is 3.45. The van der Waals surface area contributed by atoms with E-state index in [1.807, 2.05) is 0 Å². The molecule has 124 valence electrons. The van der Waals surface area contributed by atoms with Gasteiger partial charge >= 0.3 is 0 Å². The van der Waals surface area contributed by atoms with Crippen LogP contribution in [0.4, 0.5) is 0 Å². The SMILES string of the molecule is CCCCN=C1NC(=S(C)(C)(C)C)NC1c1ccc(C)cc1. The first-order valence-corrected chi connectivity index (χ1v) is 11.7. The van der Waals surface area contributed by atoms with Crippen LogP contribution in [0.25, 0.3) is 0 Å². The summed E-state index contributed by atoms with van der Waals surface area (Å²) in [4.78, 5) is 4.83. The lowest BCUT2D eigenvalue weighted by atomic mass is 10.1. The fraction of sp³-hybridized carbons (Fsp3) is 0.556. The molecular weight excluding hydrogens is 290 g/mol. The van der Waals surface area contributed by atoms with Crippen molar-refractivity contribution in [3.8, 4) is 0 Å². The predicted octanol–water partition coefficient (Wildman–Crippen LogP) is 3.37. The number of amidine groups is 1. The van der Waals surface area contributed by atoms with Crippen LogP contribution in [0, 0.1) is 6.92 Å². The monoisotopic (exact) mass is 321 g/mol. The van der Waals surface area contributed by atoms with Crippen molar-refractivity contribution in [3.05, 3.63) is 35.4 Å². The van der Waals surface area contributed by atoms with Crippen LogP contribution in [0.15, 0.2) is 29.3 Å². The van der Waals surface area contributed by atoms with E-state index in [1.165, 1.54) is 22.7 Å². The van der Waals surface area contributed by atoms with E-state index in [1.54, 1.807) is 0 Å². The molecule has 1 aliphatic rings. The number of hydrogen-bond acceptors (Lipinski definition) is 1. The van der Waals surface area contributed by atoms with Gasteiger partial charge in [-0.3, -0.25) is 10.3 Å². The summed E-state index contributed by atoms with van der Waals surface area (Å²) in [5.41, 5.74) is 2.57. The third-order valence-electron chi connectivity index (χ3n) is 3.81. The van der Waals surface area contributed by atoms with Crippen LogP contribution in [-0.2, 0) is 0 Å². The molecule has 2 rings (SSSR count). The average Bonchev–Trinajstić information content (AvgIpc) is 2.84. The third-order valence-corrected chi connectivity index (χ3v) is 5.66. The first kappa shape index (κ1) is 17.2. The summed E-state index contributed by atoms with van der Waals surface area (Å²) in [6.07, 6.45) is 11.7. The van der Waals surface area contributed by atoms with Gasteiger partial charge in [0.15, 0.2) is 0 Å². The van der Waals surface area contributed by atoms with E-state index in [9.17, 15) is 0 Å². The number of aliphatic imine (C=N–C) groups is 1. The Balaban J connectivity index is 2.38. The minimum Gasteiger partial charge on any atom is -0.330 e. The molecule has 0 aromatic heterocycles. The molecule has 3 nitrogen and oxygen atoms in total. The van der Waals surface area contributed by atoms with Gasteiger partial charge in [0.2, 0.25) is 0 Å². The summed E-state index contributed by atoms with van der Waals surface area (Å²) in [6, 6.07) is 8.91. The van der Waals surface area contributed by atoms with E-state index in [0.717, 1.165) is 18.8 Å². The van der Waals surface area contributed by atoms with Crippen LogP contribution >= 0.6 is 8.75 Å². The Labute approximate surface area is 135 Å². The van der Waals surface area contributed by atoms with Crippen LogP contribution in [0.3, 0.4) is 0 Å². The van der Waals surface area contributed by atoms with E-state index >= 15 is 0 Å². The summed E-state index contributed by atoms with van der Waals surface area (Å²) in [7, 11) is -1.60. The number of rotatable bonds is 4. The maximum Gasteiger partial charge on any atom is 0.124 e. The van der Waals surface area contributed by atoms with Gasteiger partial charge in [0.05, 0.1) is 11.2 Å². The van der Waals surface area contributed by atoms with Crippen LogP contribution < -0.4 is 10.6 Å². The zero-order valence-electron chi connectivity index (χ0n) is 14.9. The largest absolute Gasteiger partial charge is 0.330 e. The van der Waals surface area contributed by atoms with Gasteiger partial charge in [-0.05, 0) is 43.9 Å². The summed E-state index contributed by atoms with van der Waals surface area (Å²) < 4.78 is 0. The molecule has 1 unspecified atom stereocenters. The Morgan fingerprint density at radius 1 is 1.09 bits per heavy atom. The molecule has 4 heteroatoms. The van der Waals surface area contributed by atoms with Crippen molar-refractivity contribution < 1.29 is 0 Å². The van der Waals surface area contributed by atoms with Crippen LogP contribution in [0.1, 0.15) is 36.9 Å². The molecule has 1 atom stereocenters. The predicted molar refractivity (Wildman–Crippen MR) is 104 cm³/mol. The molecule has 22 heavy (non-hydrogen) atoms. The third kappa shape index (κ3) is 4.20. The molecule has 1 aliphatic heterocycles. The molecule has 1 saturated heterocycles. The first-order valence-electron chi connectivity index (χ1n) is 8.02. The summed E-state index contributed by atoms with van der Waals surface area (Å²) in [5, 5.41) is 8.55. The summed E-state index contributed by atoms with van der Waals surface area (Å²) >= 11 is 0. The van der Waals surface area contributed by atoms with Gasteiger partial charge in [0.25, 0.3) is 0 Å². The van der Waals surface area contributed by atoms with Crippen molar-refractivity contribution in [2.75, 3.05) is 31.6 Å². The van der Waals surface area contributed by atoms with Crippen LogP contribution in [-0.4, -0.2) is 42.5 Å². The number of hydrogen-bond donors (Lipinski definition) is 2. The van der Waals surface area contributed by atoms with E-state index in [0.29, 0.717) is 0 Å². The normalized spacial score (nSPS) is 22.5. The Bertz CT molecular complexity index is 611. The van der Waals surface area contributed by atoms with Gasteiger partial charge in [-0.25, -0.2) is 8.75 Å². The maximum atomic E-state index is 4.83. The van der Waals surface area contributed by atoms with Crippen molar-refractivity contribution in [2.45, 2.75) is 32.7 Å².